The first-order chi connectivity index (χ1) is 18.1. The average molecular weight is 577 g/mol. The van der Waals surface area contributed by atoms with E-state index in [4.69, 9.17) is 39.5 Å². The Morgan fingerprint density at radius 2 is 1.50 bits per heavy atom. The number of ether oxygens (including phenoxy) is 1. The lowest BCUT2D eigenvalue weighted by molar-refractivity contribution is -0.150. The molecule has 0 aromatic heterocycles. The number of urea groups is 1. The van der Waals surface area contributed by atoms with Crippen LogP contribution in [0, 0.1) is 5.92 Å². The number of carbonyl (C=O) groups excluding carboxylic acids is 3. The Morgan fingerprint density at radius 1 is 0.895 bits per heavy atom. The minimum atomic E-state index is -1.22. The number of amides is 3. The summed E-state index contributed by atoms with van der Waals surface area (Å²) >= 11 is 18.4. The van der Waals surface area contributed by atoms with Gasteiger partial charge in [0.1, 0.15) is 5.54 Å². The van der Waals surface area contributed by atoms with Gasteiger partial charge < -0.3 is 20.7 Å². The molecule has 1 saturated carbocycles. The number of esters is 1. The molecule has 38 heavy (non-hydrogen) atoms. The van der Waals surface area contributed by atoms with E-state index < -0.39 is 23.4 Å². The van der Waals surface area contributed by atoms with Crippen LogP contribution in [0.1, 0.15) is 49.4 Å². The molecule has 0 unspecified atom stereocenters. The number of nitrogens with one attached hydrogen (secondary N) is 3. The van der Waals surface area contributed by atoms with Crippen LogP contribution in [0.4, 0.5) is 16.2 Å². The van der Waals surface area contributed by atoms with Gasteiger partial charge in [0, 0.05) is 5.02 Å². The Labute approximate surface area is 236 Å². The van der Waals surface area contributed by atoms with Crippen molar-refractivity contribution in [2.24, 2.45) is 5.92 Å². The molecule has 1 fully saturated rings. The molecular formula is C28H28Cl3N3O4. The summed E-state index contributed by atoms with van der Waals surface area (Å²) in [6, 6.07) is 13.1. The first kappa shape index (κ1) is 28.0. The predicted molar refractivity (Wildman–Crippen MR) is 153 cm³/mol. The fourth-order valence-corrected chi connectivity index (χ4v) is 5.89. The van der Waals surface area contributed by atoms with Gasteiger partial charge in [-0.1, -0.05) is 78.3 Å². The lowest BCUT2D eigenvalue weighted by atomic mass is 9.75. The number of hydrogen-bond acceptors (Lipinski definition) is 4. The van der Waals surface area contributed by atoms with Gasteiger partial charge in [0.2, 0.25) is 0 Å². The molecule has 3 aromatic carbocycles. The van der Waals surface area contributed by atoms with Crippen molar-refractivity contribution in [3.8, 4) is 0 Å². The molecule has 1 atom stereocenters. The first-order valence-corrected chi connectivity index (χ1v) is 13.4. The normalized spacial score (nSPS) is 15.4. The summed E-state index contributed by atoms with van der Waals surface area (Å²) in [5, 5.41) is 10.5. The first-order valence-electron chi connectivity index (χ1n) is 12.3. The van der Waals surface area contributed by atoms with E-state index in [9.17, 15) is 14.4 Å². The summed E-state index contributed by atoms with van der Waals surface area (Å²) in [5.74, 6) is -1.08. The lowest BCUT2D eigenvalue weighted by Crippen LogP contribution is -2.58. The van der Waals surface area contributed by atoms with Crippen molar-refractivity contribution in [3.05, 3.63) is 69.2 Å². The Hall–Kier alpha value is -3.00. The van der Waals surface area contributed by atoms with Crippen LogP contribution in [-0.2, 0) is 9.53 Å². The van der Waals surface area contributed by atoms with Crippen LogP contribution in [0.25, 0.3) is 10.8 Å². The molecule has 3 N–H and O–H groups in total. The summed E-state index contributed by atoms with van der Waals surface area (Å²) < 4.78 is 5.10. The Kier molecular flexibility index (Phi) is 8.71. The molecule has 0 aliphatic heterocycles. The molecule has 10 heteroatoms. The van der Waals surface area contributed by atoms with Crippen LogP contribution < -0.4 is 16.0 Å². The zero-order valence-corrected chi connectivity index (χ0v) is 23.3. The summed E-state index contributed by atoms with van der Waals surface area (Å²) in [7, 11) is 1.32. The van der Waals surface area contributed by atoms with Crippen LogP contribution in [0.2, 0.25) is 15.1 Å². The highest BCUT2D eigenvalue weighted by atomic mass is 35.5. The Bertz CT molecular complexity index is 1370. The summed E-state index contributed by atoms with van der Waals surface area (Å²) in [4.78, 5) is 39.6. The fourth-order valence-electron chi connectivity index (χ4n) is 4.98. The third-order valence-electron chi connectivity index (χ3n) is 7.03. The van der Waals surface area contributed by atoms with Gasteiger partial charge in [-0.15, -0.1) is 0 Å². The number of fused-ring (bicyclic) bond motifs is 1. The van der Waals surface area contributed by atoms with Crippen molar-refractivity contribution < 1.29 is 19.1 Å². The maximum absolute atomic E-state index is 13.7. The third kappa shape index (κ3) is 6.01. The van der Waals surface area contributed by atoms with Gasteiger partial charge in [0.25, 0.3) is 5.91 Å². The van der Waals surface area contributed by atoms with Gasteiger partial charge in [-0.25, -0.2) is 9.59 Å². The zero-order chi connectivity index (χ0) is 27.4. The predicted octanol–water partition coefficient (Wildman–Crippen LogP) is 7.69. The molecule has 0 heterocycles. The van der Waals surface area contributed by atoms with Crippen molar-refractivity contribution in [2.75, 3.05) is 17.7 Å². The van der Waals surface area contributed by atoms with Crippen molar-refractivity contribution in [1.82, 2.24) is 5.32 Å². The highest BCUT2D eigenvalue weighted by molar-refractivity contribution is 6.42. The van der Waals surface area contributed by atoms with Crippen LogP contribution in [-0.4, -0.2) is 30.6 Å². The van der Waals surface area contributed by atoms with Crippen LogP contribution in [0.5, 0.6) is 0 Å². The second kappa shape index (κ2) is 11.8. The minimum absolute atomic E-state index is 0.0676. The number of halogens is 3. The number of rotatable bonds is 6. The topological polar surface area (TPSA) is 96.5 Å². The van der Waals surface area contributed by atoms with Gasteiger partial charge >= 0.3 is 12.0 Å². The van der Waals surface area contributed by atoms with Gasteiger partial charge in [0.15, 0.2) is 0 Å². The highest BCUT2D eigenvalue weighted by Gasteiger charge is 2.44. The van der Waals surface area contributed by atoms with Crippen molar-refractivity contribution in [3.63, 3.8) is 0 Å². The molecule has 0 spiro atoms. The van der Waals surface area contributed by atoms with Gasteiger partial charge in [-0.2, -0.15) is 0 Å². The molecule has 200 valence electrons. The van der Waals surface area contributed by atoms with Crippen LogP contribution in [0.15, 0.2) is 48.5 Å². The van der Waals surface area contributed by atoms with E-state index >= 15 is 0 Å². The smallest absolute Gasteiger partial charge is 0.331 e. The van der Waals surface area contributed by atoms with Gasteiger partial charge in [-0.05, 0) is 60.7 Å². The summed E-state index contributed by atoms with van der Waals surface area (Å²) in [6.45, 7) is 1.71. The van der Waals surface area contributed by atoms with Crippen molar-refractivity contribution in [2.45, 2.75) is 44.6 Å². The largest absolute Gasteiger partial charge is 0.467 e. The number of methoxy groups -OCH3 is 1. The van der Waals surface area contributed by atoms with E-state index in [1.54, 1.807) is 19.1 Å². The molecule has 0 radical (unpaired) electrons. The molecule has 3 amide bonds. The van der Waals surface area contributed by atoms with Gasteiger partial charge in [-0.3, -0.25) is 4.79 Å². The van der Waals surface area contributed by atoms with Crippen LogP contribution in [0.3, 0.4) is 0 Å². The molecular weight excluding hydrogens is 549 g/mol. The van der Waals surface area contributed by atoms with Gasteiger partial charge in [0.05, 0.1) is 34.1 Å². The molecule has 7 nitrogen and oxygen atoms in total. The second-order valence-electron chi connectivity index (χ2n) is 9.55. The van der Waals surface area contributed by atoms with E-state index in [2.05, 4.69) is 16.0 Å². The zero-order valence-electron chi connectivity index (χ0n) is 21.0. The lowest BCUT2D eigenvalue weighted by Gasteiger charge is -2.38. The van der Waals surface area contributed by atoms with E-state index in [0.717, 1.165) is 42.9 Å². The van der Waals surface area contributed by atoms with E-state index in [0.29, 0.717) is 5.02 Å². The molecule has 3 aromatic rings. The second-order valence-corrected chi connectivity index (χ2v) is 10.8. The molecule has 0 bridgehead atoms. The minimum Gasteiger partial charge on any atom is -0.467 e. The van der Waals surface area contributed by atoms with Crippen molar-refractivity contribution >= 4 is 74.9 Å². The molecule has 1 aliphatic rings. The van der Waals surface area contributed by atoms with Crippen LogP contribution >= 0.6 is 34.8 Å². The molecule has 1 aliphatic carbocycles. The maximum atomic E-state index is 13.7. The quantitative estimate of drug-likeness (QED) is 0.262. The monoisotopic (exact) mass is 575 g/mol. The highest BCUT2D eigenvalue weighted by Crippen LogP contribution is 2.36. The Balaban J connectivity index is 1.67. The third-order valence-corrected chi connectivity index (χ3v) is 7.84. The number of carbonyl (C=O) groups is 3. The van der Waals surface area contributed by atoms with E-state index in [1.165, 1.54) is 19.2 Å². The van der Waals surface area contributed by atoms with E-state index in [-0.39, 0.29) is 32.9 Å². The maximum Gasteiger partial charge on any atom is 0.331 e. The Morgan fingerprint density at radius 3 is 2.11 bits per heavy atom. The number of anilines is 2. The van der Waals surface area contributed by atoms with E-state index in [1.807, 2.05) is 24.3 Å². The molecule has 0 saturated heterocycles. The fraction of sp³-hybridized carbons (Fsp3) is 0.321. The standard InChI is InChI=1S/C28H28Cl3N3O4/c1-28(26(36)38-2,18-10-4-3-5-11-18)34-25(35)20-12-16-8-6-7-9-17(16)13-23(20)32-27(37)33-24-21(30)14-19(29)15-22(24)31/h6-9,12-15,18H,3-5,10-11H2,1-2H3,(H,34,35)(H2,32,33,37)/t28-/m1/s1. The molecule has 4 rings (SSSR count). The number of hydrogen-bond donors (Lipinski definition) is 3. The number of benzene rings is 3. The SMILES string of the molecule is COC(=O)[C@](C)(NC(=O)c1cc2ccccc2cc1NC(=O)Nc1c(Cl)cc(Cl)cc1Cl)C1CCCCC1. The summed E-state index contributed by atoms with van der Waals surface area (Å²) in [6.07, 6.45) is 4.66. The average Bonchev–Trinajstić information content (AvgIpc) is 2.90. The summed E-state index contributed by atoms with van der Waals surface area (Å²) in [5.41, 5.74) is -0.603. The van der Waals surface area contributed by atoms with Crippen molar-refractivity contribution in [1.29, 1.82) is 0 Å².